The van der Waals surface area contributed by atoms with Gasteiger partial charge in [0.2, 0.25) is 0 Å². The predicted molar refractivity (Wildman–Crippen MR) is 60.0 cm³/mol. The second-order valence-corrected chi connectivity index (χ2v) is 4.42. The largest absolute Gasteiger partial charge is 0.387 e. The van der Waals surface area contributed by atoms with Gasteiger partial charge in [-0.2, -0.15) is 0 Å². The molecular formula is C10H9ClN2OS. The molecule has 5 heteroatoms. The Kier molecular flexibility index (Phi) is 3.30. The van der Waals surface area contributed by atoms with Crippen molar-refractivity contribution < 1.29 is 5.11 Å². The van der Waals surface area contributed by atoms with E-state index in [2.05, 4.69) is 9.59 Å². The smallest absolute Gasteiger partial charge is 0.0954 e. The molecule has 0 aliphatic carbocycles. The molecule has 0 radical (unpaired) electrons. The molecular weight excluding hydrogens is 232 g/mol. The number of nitrogens with zero attached hydrogens (tertiary/aromatic N) is 2. The molecule has 1 N–H and O–H groups in total. The van der Waals surface area contributed by atoms with Crippen molar-refractivity contribution in [3.05, 3.63) is 45.9 Å². The van der Waals surface area contributed by atoms with Gasteiger partial charge in [-0.05, 0) is 29.2 Å². The molecule has 0 saturated carbocycles. The van der Waals surface area contributed by atoms with Crippen molar-refractivity contribution in [2.24, 2.45) is 0 Å². The van der Waals surface area contributed by atoms with Crippen LogP contribution in [0.5, 0.6) is 0 Å². The minimum Gasteiger partial charge on any atom is -0.387 e. The van der Waals surface area contributed by atoms with Gasteiger partial charge in [0.25, 0.3) is 0 Å². The van der Waals surface area contributed by atoms with Crippen molar-refractivity contribution >= 4 is 23.1 Å². The summed E-state index contributed by atoms with van der Waals surface area (Å²) in [6.45, 7) is 0. The van der Waals surface area contributed by atoms with Gasteiger partial charge in [-0.15, -0.1) is 5.10 Å². The van der Waals surface area contributed by atoms with E-state index in [4.69, 9.17) is 11.6 Å². The fraction of sp³-hybridized carbons (Fsp3) is 0.200. The van der Waals surface area contributed by atoms with Gasteiger partial charge in [-0.3, -0.25) is 0 Å². The Morgan fingerprint density at radius 1 is 1.47 bits per heavy atom. The highest BCUT2D eigenvalue weighted by molar-refractivity contribution is 7.05. The molecule has 1 atom stereocenters. The molecule has 1 aromatic heterocycles. The van der Waals surface area contributed by atoms with Gasteiger partial charge in [0, 0.05) is 11.4 Å². The lowest BCUT2D eigenvalue weighted by atomic mass is 10.1. The van der Waals surface area contributed by atoms with E-state index < -0.39 is 6.10 Å². The minimum atomic E-state index is -0.552. The number of rotatable bonds is 3. The van der Waals surface area contributed by atoms with E-state index in [1.807, 2.05) is 24.3 Å². The fourth-order valence-corrected chi connectivity index (χ4v) is 2.01. The van der Waals surface area contributed by atoms with Crippen LogP contribution in [-0.2, 0) is 6.42 Å². The van der Waals surface area contributed by atoms with Crippen molar-refractivity contribution in [2.45, 2.75) is 12.5 Å². The predicted octanol–water partition coefficient (Wildman–Crippen LogP) is 2.47. The highest BCUT2D eigenvalue weighted by Gasteiger charge is 2.10. The average molecular weight is 241 g/mol. The van der Waals surface area contributed by atoms with Crippen LogP contribution in [0, 0.1) is 0 Å². The molecule has 0 saturated heterocycles. The molecule has 1 unspecified atom stereocenters. The van der Waals surface area contributed by atoms with E-state index in [-0.39, 0.29) is 0 Å². The minimum absolute atomic E-state index is 0.532. The summed E-state index contributed by atoms with van der Waals surface area (Å²) in [6.07, 6.45) is 1.56. The normalized spacial score (nSPS) is 12.7. The van der Waals surface area contributed by atoms with E-state index in [1.165, 1.54) is 11.5 Å². The Labute approximate surface area is 96.5 Å². The first-order valence-corrected chi connectivity index (χ1v) is 5.60. The van der Waals surface area contributed by atoms with Crippen molar-refractivity contribution in [2.75, 3.05) is 0 Å². The summed E-state index contributed by atoms with van der Waals surface area (Å²) in [4.78, 5) is 0.773. The summed E-state index contributed by atoms with van der Waals surface area (Å²) in [7, 11) is 0. The Bertz CT molecular complexity index is 433. The van der Waals surface area contributed by atoms with Gasteiger partial charge >= 0.3 is 0 Å². The van der Waals surface area contributed by atoms with Gasteiger partial charge in [0.15, 0.2) is 0 Å². The first-order valence-electron chi connectivity index (χ1n) is 4.45. The van der Waals surface area contributed by atoms with Crippen molar-refractivity contribution in [3.8, 4) is 0 Å². The van der Waals surface area contributed by atoms with Gasteiger partial charge in [-0.25, -0.2) is 0 Å². The standard InChI is InChI=1S/C10H9ClN2OS/c11-8-3-1-2-7(4-8)5-9(14)10-6-12-13-15-10/h1-4,6,9,14H,5H2. The van der Waals surface area contributed by atoms with Crippen LogP contribution in [0.15, 0.2) is 30.5 Å². The second kappa shape index (κ2) is 4.70. The lowest BCUT2D eigenvalue weighted by Gasteiger charge is -2.07. The van der Waals surface area contributed by atoms with Gasteiger partial charge < -0.3 is 5.11 Å². The number of aliphatic hydroxyl groups excluding tert-OH is 1. The molecule has 0 spiro atoms. The van der Waals surface area contributed by atoms with Gasteiger partial charge in [0.1, 0.15) is 0 Å². The molecule has 3 nitrogen and oxygen atoms in total. The molecule has 0 amide bonds. The molecule has 1 heterocycles. The van der Waals surface area contributed by atoms with Crippen LogP contribution >= 0.6 is 23.1 Å². The van der Waals surface area contributed by atoms with Crippen LogP contribution in [0.1, 0.15) is 16.5 Å². The maximum atomic E-state index is 9.84. The average Bonchev–Trinajstić information content (AvgIpc) is 2.70. The zero-order chi connectivity index (χ0) is 10.7. The number of aliphatic hydroxyl groups is 1. The van der Waals surface area contributed by atoms with Gasteiger partial charge in [0.05, 0.1) is 17.2 Å². The molecule has 1 aromatic carbocycles. The zero-order valence-corrected chi connectivity index (χ0v) is 9.37. The van der Waals surface area contributed by atoms with Crippen molar-refractivity contribution in [3.63, 3.8) is 0 Å². The number of halogens is 1. The first-order chi connectivity index (χ1) is 7.25. The number of hydrogen-bond acceptors (Lipinski definition) is 4. The molecule has 78 valence electrons. The van der Waals surface area contributed by atoms with E-state index >= 15 is 0 Å². The van der Waals surface area contributed by atoms with Crippen LogP contribution in [0.3, 0.4) is 0 Å². The topological polar surface area (TPSA) is 46.0 Å². The Morgan fingerprint density at radius 3 is 3.00 bits per heavy atom. The van der Waals surface area contributed by atoms with Crippen molar-refractivity contribution in [1.29, 1.82) is 0 Å². The van der Waals surface area contributed by atoms with Crippen LogP contribution in [0.4, 0.5) is 0 Å². The summed E-state index contributed by atoms with van der Waals surface area (Å²) in [6, 6.07) is 7.46. The highest BCUT2D eigenvalue weighted by atomic mass is 35.5. The number of benzene rings is 1. The molecule has 0 bridgehead atoms. The first kappa shape index (κ1) is 10.5. The number of hydrogen-bond donors (Lipinski definition) is 1. The highest BCUT2D eigenvalue weighted by Crippen LogP contribution is 2.21. The molecule has 0 fully saturated rings. The third-order valence-corrected chi connectivity index (χ3v) is 3.02. The maximum Gasteiger partial charge on any atom is 0.0954 e. The summed E-state index contributed by atoms with van der Waals surface area (Å²) >= 11 is 7.06. The Balaban J connectivity index is 2.09. The molecule has 2 rings (SSSR count). The van der Waals surface area contributed by atoms with E-state index in [1.54, 1.807) is 6.20 Å². The van der Waals surface area contributed by atoms with E-state index in [9.17, 15) is 5.11 Å². The zero-order valence-electron chi connectivity index (χ0n) is 7.80. The monoisotopic (exact) mass is 240 g/mol. The molecule has 15 heavy (non-hydrogen) atoms. The summed E-state index contributed by atoms with van der Waals surface area (Å²) in [5, 5.41) is 14.2. The lowest BCUT2D eigenvalue weighted by Crippen LogP contribution is -1.99. The second-order valence-electron chi connectivity index (χ2n) is 3.17. The van der Waals surface area contributed by atoms with Crippen LogP contribution in [-0.4, -0.2) is 14.7 Å². The molecule has 2 aromatic rings. The van der Waals surface area contributed by atoms with Crippen LogP contribution in [0.2, 0.25) is 5.02 Å². The Hall–Kier alpha value is -0.970. The quantitative estimate of drug-likeness (QED) is 0.897. The molecule has 0 aliphatic rings. The van der Waals surface area contributed by atoms with Crippen LogP contribution in [0.25, 0.3) is 0 Å². The summed E-state index contributed by atoms with van der Waals surface area (Å²) in [5.41, 5.74) is 1.00. The van der Waals surface area contributed by atoms with Crippen molar-refractivity contribution in [1.82, 2.24) is 9.59 Å². The SMILES string of the molecule is OC(Cc1cccc(Cl)c1)c1cnns1. The third kappa shape index (κ3) is 2.75. The lowest BCUT2D eigenvalue weighted by molar-refractivity contribution is 0.182. The van der Waals surface area contributed by atoms with Crippen LogP contribution < -0.4 is 0 Å². The van der Waals surface area contributed by atoms with E-state index in [0.717, 1.165) is 10.4 Å². The molecule has 0 aliphatic heterocycles. The number of aromatic nitrogens is 2. The fourth-order valence-electron chi connectivity index (χ4n) is 1.31. The van der Waals surface area contributed by atoms with E-state index in [0.29, 0.717) is 11.4 Å². The maximum absolute atomic E-state index is 9.84. The Morgan fingerprint density at radius 2 is 2.33 bits per heavy atom. The third-order valence-electron chi connectivity index (χ3n) is 2.02. The summed E-state index contributed by atoms with van der Waals surface area (Å²) < 4.78 is 3.71. The van der Waals surface area contributed by atoms with Gasteiger partial charge in [-0.1, -0.05) is 28.2 Å². The summed E-state index contributed by atoms with van der Waals surface area (Å²) in [5.74, 6) is 0.